The van der Waals surface area contributed by atoms with E-state index in [1.807, 2.05) is 30.9 Å². The van der Waals surface area contributed by atoms with Crippen molar-refractivity contribution in [3.8, 4) is 5.75 Å². The van der Waals surface area contributed by atoms with Crippen LogP contribution in [0.1, 0.15) is 32.3 Å². The Morgan fingerprint density at radius 2 is 1.89 bits per heavy atom. The molecule has 152 valence electrons. The molecule has 0 aromatic heterocycles. The molecule has 0 aliphatic carbocycles. The van der Waals surface area contributed by atoms with Gasteiger partial charge in [-0.25, -0.2) is 0 Å². The lowest BCUT2D eigenvalue weighted by Crippen LogP contribution is -2.45. The maximum Gasteiger partial charge on any atom is 0.191 e. The molecule has 5 nitrogen and oxygen atoms in total. The normalized spacial score (nSPS) is 17.0. The van der Waals surface area contributed by atoms with E-state index in [0.717, 1.165) is 44.4 Å². The smallest absolute Gasteiger partial charge is 0.191 e. The number of hydrogen-bond donors (Lipinski definition) is 2. The molecule has 0 bridgehead atoms. The molecule has 0 atom stereocenters. The maximum atomic E-state index is 5.23. The molecule has 0 unspecified atom stereocenters. The average Bonchev–Trinajstić information content (AvgIpc) is 2.70. The minimum absolute atomic E-state index is 0.213. The lowest BCUT2D eigenvalue weighted by atomic mass is 9.96. The first-order valence-electron chi connectivity index (χ1n) is 9.80. The molecule has 0 spiro atoms. The van der Waals surface area contributed by atoms with E-state index in [2.05, 4.69) is 52.8 Å². The van der Waals surface area contributed by atoms with Crippen LogP contribution in [0.4, 0.5) is 0 Å². The predicted octanol–water partition coefficient (Wildman–Crippen LogP) is 3.21. The largest absolute Gasteiger partial charge is 0.497 e. The van der Waals surface area contributed by atoms with Gasteiger partial charge < -0.3 is 15.4 Å². The van der Waals surface area contributed by atoms with Crippen LogP contribution in [0.5, 0.6) is 5.75 Å². The Labute approximate surface area is 169 Å². The lowest BCUT2D eigenvalue weighted by Gasteiger charge is -2.32. The van der Waals surface area contributed by atoms with E-state index in [0.29, 0.717) is 5.92 Å². The summed E-state index contributed by atoms with van der Waals surface area (Å²) >= 11 is 1.87. The highest BCUT2D eigenvalue weighted by atomic mass is 32.2. The Morgan fingerprint density at radius 3 is 2.44 bits per heavy atom. The summed E-state index contributed by atoms with van der Waals surface area (Å²) in [4.78, 5) is 6.91. The van der Waals surface area contributed by atoms with Gasteiger partial charge in [0.1, 0.15) is 5.75 Å². The molecule has 1 saturated heterocycles. The summed E-state index contributed by atoms with van der Waals surface area (Å²) in [5, 5.41) is 6.96. The molecular formula is C21H36N4OS. The average molecular weight is 393 g/mol. The number of aliphatic imine (C=N–C) groups is 1. The standard InChI is InChI=1S/C21H36N4OS/c1-21(2,27-5)16-24-20(22-3)23-14-17-10-12-25(13-11-17)15-18-6-8-19(26-4)9-7-18/h6-9,17H,10-16H2,1-5H3,(H2,22,23,24). The highest BCUT2D eigenvalue weighted by Gasteiger charge is 2.20. The Morgan fingerprint density at radius 1 is 1.22 bits per heavy atom. The van der Waals surface area contributed by atoms with Crippen LogP contribution >= 0.6 is 11.8 Å². The first-order valence-corrected chi connectivity index (χ1v) is 11.0. The van der Waals surface area contributed by atoms with Crippen molar-refractivity contribution in [2.24, 2.45) is 10.9 Å². The van der Waals surface area contributed by atoms with Crippen molar-refractivity contribution < 1.29 is 4.74 Å². The summed E-state index contributed by atoms with van der Waals surface area (Å²) in [5.41, 5.74) is 1.35. The van der Waals surface area contributed by atoms with Crippen LogP contribution < -0.4 is 15.4 Å². The van der Waals surface area contributed by atoms with Crippen LogP contribution in [0, 0.1) is 5.92 Å². The lowest BCUT2D eigenvalue weighted by molar-refractivity contribution is 0.178. The van der Waals surface area contributed by atoms with Gasteiger partial charge in [0.15, 0.2) is 5.96 Å². The van der Waals surface area contributed by atoms with Crippen molar-refractivity contribution >= 4 is 17.7 Å². The van der Waals surface area contributed by atoms with Crippen LogP contribution in [-0.4, -0.2) is 62.2 Å². The second kappa shape index (κ2) is 10.8. The number of piperidine rings is 1. The number of likely N-dealkylation sites (tertiary alicyclic amines) is 1. The van der Waals surface area contributed by atoms with Gasteiger partial charge in [0.2, 0.25) is 0 Å². The molecule has 6 heteroatoms. The molecule has 1 aliphatic rings. The van der Waals surface area contributed by atoms with Gasteiger partial charge in [-0.15, -0.1) is 0 Å². The zero-order valence-corrected chi connectivity index (χ0v) is 18.4. The highest BCUT2D eigenvalue weighted by Crippen LogP contribution is 2.20. The van der Waals surface area contributed by atoms with Crippen molar-refractivity contribution in [2.75, 3.05) is 46.6 Å². The molecule has 1 heterocycles. The number of thioether (sulfide) groups is 1. The first-order chi connectivity index (χ1) is 13.0. The fourth-order valence-corrected chi connectivity index (χ4v) is 3.38. The molecule has 0 amide bonds. The van der Waals surface area contributed by atoms with Gasteiger partial charge >= 0.3 is 0 Å². The molecule has 27 heavy (non-hydrogen) atoms. The Bertz CT molecular complexity index is 580. The van der Waals surface area contributed by atoms with E-state index in [1.54, 1.807) is 7.11 Å². The third kappa shape index (κ3) is 7.62. The van der Waals surface area contributed by atoms with Gasteiger partial charge in [0, 0.05) is 31.4 Å². The van der Waals surface area contributed by atoms with Crippen LogP contribution in [0.15, 0.2) is 29.3 Å². The van der Waals surface area contributed by atoms with Gasteiger partial charge in [-0.2, -0.15) is 11.8 Å². The molecule has 2 rings (SSSR count). The minimum atomic E-state index is 0.213. The first kappa shape index (κ1) is 21.9. The number of nitrogens with one attached hydrogen (secondary N) is 2. The summed E-state index contributed by atoms with van der Waals surface area (Å²) in [6, 6.07) is 8.42. The molecule has 1 aromatic carbocycles. The molecule has 1 fully saturated rings. The second-order valence-electron chi connectivity index (χ2n) is 7.84. The van der Waals surface area contributed by atoms with Crippen molar-refractivity contribution in [3.63, 3.8) is 0 Å². The van der Waals surface area contributed by atoms with E-state index in [9.17, 15) is 0 Å². The van der Waals surface area contributed by atoms with E-state index in [4.69, 9.17) is 4.74 Å². The topological polar surface area (TPSA) is 48.9 Å². The molecule has 0 radical (unpaired) electrons. The van der Waals surface area contributed by atoms with Gasteiger partial charge in [-0.1, -0.05) is 12.1 Å². The van der Waals surface area contributed by atoms with Gasteiger partial charge in [-0.05, 0) is 69.6 Å². The molecular weight excluding hydrogens is 356 g/mol. The number of methoxy groups -OCH3 is 1. The van der Waals surface area contributed by atoms with E-state index >= 15 is 0 Å². The summed E-state index contributed by atoms with van der Waals surface area (Å²) < 4.78 is 5.45. The summed E-state index contributed by atoms with van der Waals surface area (Å²) in [6.45, 7) is 9.74. The zero-order chi connectivity index (χ0) is 19.7. The summed E-state index contributed by atoms with van der Waals surface area (Å²) in [6.07, 6.45) is 4.62. The summed E-state index contributed by atoms with van der Waals surface area (Å²) in [5.74, 6) is 2.55. The number of benzene rings is 1. The van der Waals surface area contributed by atoms with Gasteiger partial charge in [0.25, 0.3) is 0 Å². The molecule has 0 saturated carbocycles. The van der Waals surface area contributed by atoms with Gasteiger partial charge in [0.05, 0.1) is 7.11 Å². The van der Waals surface area contributed by atoms with Crippen LogP contribution in [0.3, 0.4) is 0 Å². The number of guanidine groups is 1. The van der Waals surface area contributed by atoms with Crippen LogP contribution in [0.2, 0.25) is 0 Å². The minimum Gasteiger partial charge on any atom is -0.497 e. The Kier molecular flexibility index (Phi) is 8.77. The maximum absolute atomic E-state index is 5.23. The fraction of sp³-hybridized carbons (Fsp3) is 0.667. The van der Waals surface area contributed by atoms with Crippen molar-refractivity contribution in [1.29, 1.82) is 0 Å². The quantitative estimate of drug-likeness (QED) is 0.525. The Balaban J connectivity index is 1.69. The Hall–Kier alpha value is -1.40. The van der Waals surface area contributed by atoms with Crippen molar-refractivity contribution in [3.05, 3.63) is 29.8 Å². The zero-order valence-electron chi connectivity index (χ0n) is 17.5. The second-order valence-corrected chi connectivity index (χ2v) is 9.35. The number of hydrogen-bond acceptors (Lipinski definition) is 4. The molecule has 1 aromatic rings. The van der Waals surface area contributed by atoms with E-state index in [1.165, 1.54) is 18.4 Å². The summed E-state index contributed by atoms with van der Waals surface area (Å²) in [7, 11) is 3.56. The fourth-order valence-electron chi connectivity index (χ4n) is 3.17. The SMILES string of the molecule is CN=C(NCC1CCN(Cc2ccc(OC)cc2)CC1)NCC(C)(C)SC. The predicted molar refractivity (Wildman–Crippen MR) is 118 cm³/mol. The van der Waals surface area contributed by atoms with Crippen molar-refractivity contribution in [2.45, 2.75) is 38.0 Å². The van der Waals surface area contributed by atoms with Crippen LogP contribution in [0.25, 0.3) is 0 Å². The number of ether oxygens (including phenoxy) is 1. The number of nitrogens with zero attached hydrogens (tertiary/aromatic N) is 2. The molecule has 1 aliphatic heterocycles. The van der Waals surface area contributed by atoms with E-state index < -0.39 is 0 Å². The van der Waals surface area contributed by atoms with Gasteiger partial charge in [-0.3, -0.25) is 9.89 Å². The van der Waals surface area contributed by atoms with Crippen molar-refractivity contribution in [1.82, 2.24) is 15.5 Å². The number of rotatable bonds is 8. The monoisotopic (exact) mass is 392 g/mol. The van der Waals surface area contributed by atoms with E-state index in [-0.39, 0.29) is 4.75 Å². The third-order valence-corrected chi connectivity index (χ3v) is 6.54. The highest BCUT2D eigenvalue weighted by molar-refractivity contribution is 7.99. The third-order valence-electron chi connectivity index (χ3n) is 5.29. The van der Waals surface area contributed by atoms with Crippen LogP contribution in [-0.2, 0) is 6.54 Å². The molecule has 2 N–H and O–H groups in total.